The number of fused-ring (bicyclic) bond motifs is 3. The highest BCUT2D eigenvalue weighted by Crippen LogP contribution is 2.53. The molecule has 2 aromatic rings. The molecule has 2 unspecified atom stereocenters. The van der Waals surface area contributed by atoms with E-state index in [2.05, 4.69) is 78.9 Å². The van der Waals surface area contributed by atoms with Crippen molar-refractivity contribution in [1.29, 1.82) is 0 Å². The lowest BCUT2D eigenvalue weighted by Gasteiger charge is -2.21. The topological polar surface area (TPSA) is 26.3 Å². The molecular weight excluding hydrogens is 380 g/mol. The summed E-state index contributed by atoms with van der Waals surface area (Å²) in [5.74, 6) is -0.125. The molecule has 2 heteroatoms. The fraction of sp³-hybridized carbons (Fsp3) is 0.138. The minimum Gasteiger partial charge on any atom is -0.463 e. The first kappa shape index (κ1) is 19.3. The first-order valence-electron chi connectivity index (χ1n) is 10.8. The number of hydrogen-bond acceptors (Lipinski definition) is 2. The molecule has 0 N–H and O–H groups in total. The van der Waals surface area contributed by atoms with Crippen LogP contribution in [-0.4, -0.2) is 12.6 Å². The van der Waals surface area contributed by atoms with Gasteiger partial charge in [0.1, 0.15) is 0 Å². The Morgan fingerprint density at radius 1 is 0.871 bits per heavy atom. The van der Waals surface area contributed by atoms with Gasteiger partial charge in [-0.15, -0.1) is 0 Å². The van der Waals surface area contributed by atoms with Crippen LogP contribution in [-0.2, 0) is 9.53 Å². The second-order valence-corrected chi connectivity index (χ2v) is 7.84. The molecule has 31 heavy (non-hydrogen) atoms. The Morgan fingerprint density at radius 3 is 2.19 bits per heavy atom. The third kappa shape index (κ3) is 3.34. The fourth-order valence-electron chi connectivity index (χ4n) is 4.90. The molecule has 3 aliphatic carbocycles. The summed E-state index contributed by atoms with van der Waals surface area (Å²) in [6, 6.07) is 21.0. The number of ether oxygens (including phenoxy) is 1. The smallest absolute Gasteiger partial charge is 0.335 e. The Balaban J connectivity index is 1.72. The van der Waals surface area contributed by atoms with Crippen LogP contribution in [0.15, 0.2) is 125 Å². The molecule has 0 spiro atoms. The van der Waals surface area contributed by atoms with E-state index in [1.165, 1.54) is 27.8 Å². The van der Waals surface area contributed by atoms with Gasteiger partial charge in [-0.3, -0.25) is 0 Å². The molecule has 2 aromatic carbocycles. The van der Waals surface area contributed by atoms with Crippen LogP contribution in [0.1, 0.15) is 18.1 Å². The van der Waals surface area contributed by atoms with Gasteiger partial charge in [0.05, 0.1) is 12.2 Å². The van der Waals surface area contributed by atoms with Gasteiger partial charge >= 0.3 is 5.97 Å². The maximum absolute atomic E-state index is 13.0. The molecule has 0 bridgehead atoms. The van der Waals surface area contributed by atoms with Crippen LogP contribution >= 0.6 is 0 Å². The van der Waals surface area contributed by atoms with Gasteiger partial charge in [0, 0.05) is 11.8 Å². The molecular formula is C29H24O2. The summed E-state index contributed by atoms with van der Waals surface area (Å²) in [7, 11) is 0. The average Bonchev–Trinajstić information content (AvgIpc) is 3.25. The fourth-order valence-corrected chi connectivity index (χ4v) is 4.90. The predicted octanol–water partition coefficient (Wildman–Crippen LogP) is 6.22. The van der Waals surface area contributed by atoms with Crippen LogP contribution in [0.4, 0.5) is 0 Å². The number of carbonyl (C=O) groups excluding carboxylic acids is 1. The third-order valence-electron chi connectivity index (χ3n) is 6.12. The van der Waals surface area contributed by atoms with E-state index in [0.29, 0.717) is 6.61 Å². The van der Waals surface area contributed by atoms with Crippen LogP contribution in [0.2, 0.25) is 0 Å². The summed E-state index contributed by atoms with van der Waals surface area (Å²) in [6.07, 6.45) is 14.7. The molecule has 2 nitrogen and oxygen atoms in total. The van der Waals surface area contributed by atoms with Gasteiger partial charge in [0.2, 0.25) is 0 Å². The summed E-state index contributed by atoms with van der Waals surface area (Å²) in [4.78, 5) is 13.0. The van der Waals surface area contributed by atoms with E-state index in [1.807, 2.05) is 31.2 Å². The van der Waals surface area contributed by atoms with Crippen LogP contribution in [0, 0.1) is 11.8 Å². The van der Waals surface area contributed by atoms with Gasteiger partial charge in [-0.25, -0.2) is 4.79 Å². The molecule has 0 saturated carbocycles. The zero-order valence-electron chi connectivity index (χ0n) is 17.5. The van der Waals surface area contributed by atoms with Crippen molar-refractivity contribution in [2.45, 2.75) is 6.92 Å². The molecule has 0 amide bonds. The monoisotopic (exact) mass is 404 g/mol. The molecule has 0 fully saturated rings. The first-order chi connectivity index (χ1) is 15.3. The van der Waals surface area contributed by atoms with Crippen molar-refractivity contribution in [3.8, 4) is 0 Å². The number of rotatable bonds is 4. The van der Waals surface area contributed by atoms with Gasteiger partial charge in [-0.05, 0) is 40.3 Å². The van der Waals surface area contributed by atoms with Gasteiger partial charge in [-0.1, -0.05) is 103 Å². The predicted molar refractivity (Wildman–Crippen MR) is 125 cm³/mol. The van der Waals surface area contributed by atoms with Gasteiger partial charge in [0.25, 0.3) is 0 Å². The van der Waals surface area contributed by atoms with Crippen molar-refractivity contribution in [2.75, 3.05) is 6.61 Å². The maximum atomic E-state index is 13.0. The summed E-state index contributed by atoms with van der Waals surface area (Å²) >= 11 is 0. The van der Waals surface area contributed by atoms with Crippen LogP contribution in [0.5, 0.6) is 0 Å². The van der Waals surface area contributed by atoms with E-state index in [-0.39, 0.29) is 17.8 Å². The van der Waals surface area contributed by atoms with E-state index in [1.54, 1.807) is 0 Å². The Morgan fingerprint density at radius 2 is 1.55 bits per heavy atom. The summed E-state index contributed by atoms with van der Waals surface area (Å²) in [5, 5.41) is 0. The zero-order valence-corrected chi connectivity index (χ0v) is 17.5. The second-order valence-electron chi connectivity index (χ2n) is 7.84. The van der Waals surface area contributed by atoms with Crippen molar-refractivity contribution in [2.24, 2.45) is 11.8 Å². The Hall–Kier alpha value is -3.65. The first-order valence-corrected chi connectivity index (χ1v) is 10.8. The highest BCUT2D eigenvalue weighted by molar-refractivity contribution is 5.96. The molecule has 0 saturated heterocycles. The number of esters is 1. The standard InChI is InChI=1S/C29H24O2/c1-2-31-29(30)28-23-17-11-5-10-16-22(23)27-24(18-19-25(27)28)26(20-12-6-3-7-13-20)21-14-8-4-9-15-21/h3-19,25,27H,2H2,1H3. The van der Waals surface area contributed by atoms with E-state index in [4.69, 9.17) is 4.74 Å². The highest BCUT2D eigenvalue weighted by Gasteiger charge is 2.45. The summed E-state index contributed by atoms with van der Waals surface area (Å²) in [6.45, 7) is 2.23. The number of carbonyl (C=O) groups is 1. The highest BCUT2D eigenvalue weighted by atomic mass is 16.5. The van der Waals surface area contributed by atoms with Crippen LogP contribution in [0.25, 0.3) is 5.57 Å². The van der Waals surface area contributed by atoms with Crippen LogP contribution < -0.4 is 0 Å². The summed E-state index contributed by atoms with van der Waals surface area (Å²) < 4.78 is 5.46. The van der Waals surface area contributed by atoms with Crippen molar-refractivity contribution in [3.63, 3.8) is 0 Å². The minimum absolute atomic E-state index is 0.00567. The lowest BCUT2D eigenvalue weighted by Crippen LogP contribution is -2.16. The third-order valence-corrected chi connectivity index (χ3v) is 6.12. The van der Waals surface area contributed by atoms with Gasteiger partial charge < -0.3 is 4.74 Å². The van der Waals surface area contributed by atoms with Crippen molar-refractivity contribution >= 4 is 11.5 Å². The van der Waals surface area contributed by atoms with E-state index < -0.39 is 0 Å². The Bertz CT molecular complexity index is 1150. The van der Waals surface area contributed by atoms with Gasteiger partial charge in [-0.2, -0.15) is 0 Å². The average molecular weight is 405 g/mol. The molecule has 0 radical (unpaired) electrons. The maximum Gasteiger partial charge on any atom is 0.335 e. The Kier molecular flexibility index (Phi) is 5.13. The molecule has 5 rings (SSSR count). The zero-order chi connectivity index (χ0) is 21.2. The lowest BCUT2D eigenvalue weighted by molar-refractivity contribution is -0.139. The lowest BCUT2D eigenvalue weighted by atomic mass is 9.82. The normalized spacial score (nSPS) is 20.9. The van der Waals surface area contributed by atoms with Crippen molar-refractivity contribution in [1.82, 2.24) is 0 Å². The summed E-state index contributed by atoms with van der Waals surface area (Å²) in [5.41, 5.74) is 7.77. The van der Waals surface area contributed by atoms with Crippen molar-refractivity contribution < 1.29 is 9.53 Å². The molecule has 0 heterocycles. The number of hydrogen-bond donors (Lipinski definition) is 0. The van der Waals surface area contributed by atoms with E-state index in [0.717, 1.165) is 11.1 Å². The van der Waals surface area contributed by atoms with E-state index >= 15 is 0 Å². The minimum atomic E-state index is -0.214. The van der Waals surface area contributed by atoms with Gasteiger partial charge in [0.15, 0.2) is 0 Å². The largest absolute Gasteiger partial charge is 0.463 e. The SMILES string of the molecule is CCOC(=O)C1=C2C=CC=CC=C2C2C(=C(c3ccccc3)c3ccccc3)C=CC12. The molecule has 3 aliphatic rings. The second kappa shape index (κ2) is 8.23. The number of benzene rings is 2. The van der Waals surface area contributed by atoms with Crippen LogP contribution in [0.3, 0.4) is 0 Å². The molecule has 152 valence electrons. The molecule has 0 aromatic heterocycles. The Labute approximate surface area is 183 Å². The quantitative estimate of drug-likeness (QED) is 0.566. The number of allylic oxidation sites excluding steroid dienone is 10. The molecule has 0 aliphatic heterocycles. The van der Waals surface area contributed by atoms with Crippen molar-refractivity contribution in [3.05, 3.63) is 137 Å². The molecule has 2 atom stereocenters. The van der Waals surface area contributed by atoms with E-state index in [9.17, 15) is 4.79 Å².